The Labute approximate surface area is 128 Å². The zero-order valence-corrected chi connectivity index (χ0v) is 12.6. The number of benzene rings is 2. The third-order valence-electron chi connectivity index (χ3n) is 4.36. The summed E-state index contributed by atoms with van der Waals surface area (Å²) < 4.78 is 0. The van der Waals surface area contributed by atoms with E-state index in [1.165, 1.54) is 36.8 Å². The minimum atomic E-state index is 0.694. The van der Waals surface area contributed by atoms with Crippen LogP contribution in [0.4, 0.5) is 0 Å². The molecule has 2 aromatic rings. The van der Waals surface area contributed by atoms with Crippen molar-refractivity contribution in [2.24, 2.45) is 0 Å². The van der Waals surface area contributed by atoms with Gasteiger partial charge < -0.3 is 0 Å². The van der Waals surface area contributed by atoms with E-state index in [1.807, 2.05) is 0 Å². The summed E-state index contributed by atoms with van der Waals surface area (Å²) in [6, 6.07) is 22.4. The van der Waals surface area contributed by atoms with Crippen LogP contribution >= 0.6 is 0 Å². The Kier molecular flexibility index (Phi) is 5.07. The van der Waals surface area contributed by atoms with E-state index in [9.17, 15) is 0 Å². The van der Waals surface area contributed by atoms with Crippen LogP contribution in [-0.2, 0) is 13.1 Å². The number of rotatable bonds is 5. The lowest BCUT2D eigenvalue weighted by Crippen LogP contribution is -2.36. The van der Waals surface area contributed by atoms with Gasteiger partial charge in [-0.1, -0.05) is 73.5 Å². The summed E-state index contributed by atoms with van der Waals surface area (Å²) in [4.78, 5) is 2.65. The van der Waals surface area contributed by atoms with E-state index in [4.69, 9.17) is 0 Å². The van der Waals surface area contributed by atoms with Crippen LogP contribution < -0.4 is 0 Å². The van der Waals surface area contributed by atoms with Crippen molar-refractivity contribution in [3.05, 3.63) is 78.2 Å². The van der Waals surface area contributed by atoms with Gasteiger partial charge in [0.15, 0.2) is 0 Å². The van der Waals surface area contributed by atoms with Crippen molar-refractivity contribution in [2.75, 3.05) is 0 Å². The molecule has 1 nitrogen and oxygen atoms in total. The third kappa shape index (κ3) is 4.18. The topological polar surface area (TPSA) is 3.24 Å². The lowest BCUT2D eigenvalue weighted by Gasteiger charge is -2.34. The molecule has 0 amide bonds. The van der Waals surface area contributed by atoms with Crippen molar-refractivity contribution in [1.29, 1.82) is 0 Å². The minimum absolute atomic E-state index is 0.694. The van der Waals surface area contributed by atoms with Gasteiger partial charge in [0.2, 0.25) is 0 Å². The highest BCUT2D eigenvalue weighted by Gasteiger charge is 2.21. The van der Waals surface area contributed by atoms with Crippen LogP contribution in [0.25, 0.3) is 0 Å². The van der Waals surface area contributed by atoms with Crippen molar-refractivity contribution in [1.82, 2.24) is 4.90 Å². The highest BCUT2D eigenvalue weighted by atomic mass is 15.2. The molecule has 1 atom stereocenters. The Morgan fingerprint density at radius 1 is 0.810 bits per heavy atom. The molecule has 1 heteroatoms. The second kappa shape index (κ2) is 7.42. The van der Waals surface area contributed by atoms with Crippen LogP contribution in [0.3, 0.4) is 0 Å². The predicted octanol–water partition coefficient (Wildman–Crippen LogP) is 4.84. The average Bonchev–Trinajstić information content (AvgIpc) is 2.57. The molecule has 1 fully saturated rings. The molecule has 0 saturated heterocycles. The molecule has 0 aromatic heterocycles. The molecule has 2 aromatic carbocycles. The van der Waals surface area contributed by atoms with E-state index in [0.29, 0.717) is 6.04 Å². The second-order valence-electron chi connectivity index (χ2n) is 5.99. The first kappa shape index (κ1) is 14.3. The maximum atomic E-state index is 2.65. The van der Waals surface area contributed by atoms with Gasteiger partial charge in [0, 0.05) is 19.1 Å². The molecule has 0 N–H and O–H groups in total. The number of hydrogen-bond donors (Lipinski definition) is 0. The molecule has 3 rings (SSSR count). The highest BCUT2D eigenvalue weighted by molar-refractivity contribution is 5.17. The fraction of sp³-hybridized carbons (Fsp3) is 0.350. The lowest BCUT2D eigenvalue weighted by atomic mass is 9.93. The molecule has 1 saturated carbocycles. The summed E-state index contributed by atoms with van der Waals surface area (Å²) in [6.07, 6.45) is 7.67. The van der Waals surface area contributed by atoms with E-state index >= 15 is 0 Å². The Bertz CT molecular complexity index is 473. The second-order valence-corrected chi connectivity index (χ2v) is 5.99. The van der Waals surface area contributed by atoms with E-state index in [1.54, 1.807) is 0 Å². The van der Waals surface area contributed by atoms with Crippen LogP contribution in [0.1, 0.15) is 36.8 Å². The van der Waals surface area contributed by atoms with Crippen LogP contribution in [0.2, 0.25) is 0 Å². The maximum Gasteiger partial charge on any atom is 0.0240 e. The van der Waals surface area contributed by atoms with Gasteiger partial charge >= 0.3 is 0 Å². The van der Waals surface area contributed by atoms with Gasteiger partial charge in [0.05, 0.1) is 0 Å². The summed E-state index contributed by atoms with van der Waals surface area (Å²) in [5.74, 6) is 0. The summed E-state index contributed by atoms with van der Waals surface area (Å²) in [5, 5.41) is 0. The summed E-state index contributed by atoms with van der Waals surface area (Å²) in [5.41, 5.74) is 2.83. The molecule has 109 valence electrons. The summed E-state index contributed by atoms with van der Waals surface area (Å²) in [6.45, 7) is 2.10. The van der Waals surface area contributed by atoms with Crippen LogP contribution in [0.15, 0.2) is 60.7 Å². The van der Waals surface area contributed by atoms with Crippen molar-refractivity contribution < 1.29 is 0 Å². The first-order valence-corrected chi connectivity index (χ1v) is 8.05. The molecule has 0 bridgehead atoms. The van der Waals surface area contributed by atoms with Crippen LogP contribution in [-0.4, -0.2) is 10.9 Å². The first-order valence-electron chi connectivity index (χ1n) is 8.05. The number of nitrogens with zero attached hydrogens (tertiary/aromatic N) is 1. The summed E-state index contributed by atoms with van der Waals surface area (Å²) in [7, 11) is 0. The largest absolute Gasteiger partial charge is 0.292 e. The molecule has 1 unspecified atom stereocenters. The molecule has 1 radical (unpaired) electrons. The Hall–Kier alpha value is -1.60. The van der Waals surface area contributed by atoms with E-state index in [-0.39, 0.29) is 0 Å². The molecule has 21 heavy (non-hydrogen) atoms. The Morgan fingerprint density at radius 3 is 1.86 bits per heavy atom. The lowest BCUT2D eigenvalue weighted by molar-refractivity contribution is 0.154. The van der Waals surface area contributed by atoms with Crippen LogP contribution in [0, 0.1) is 6.42 Å². The van der Waals surface area contributed by atoms with Crippen molar-refractivity contribution in [3.63, 3.8) is 0 Å². The Morgan fingerprint density at radius 2 is 1.38 bits per heavy atom. The molecule has 0 aliphatic heterocycles. The fourth-order valence-corrected chi connectivity index (χ4v) is 3.21. The third-order valence-corrected chi connectivity index (χ3v) is 4.36. The van der Waals surface area contributed by atoms with Gasteiger partial charge in [-0.2, -0.15) is 0 Å². The smallest absolute Gasteiger partial charge is 0.0240 e. The predicted molar refractivity (Wildman–Crippen MR) is 88.7 cm³/mol. The van der Waals surface area contributed by atoms with E-state index in [2.05, 4.69) is 72.0 Å². The SMILES string of the molecule is [CH]1CCCC(N(Cc2ccccc2)Cc2ccccc2)C1. The van der Waals surface area contributed by atoms with Gasteiger partial charge in [-0.15, -0.1) is 0 Å². The zero-order chi connectivity index (χ0) is 14.3. The molecular weight excluding hydrogens is 254 g/mol. The zero-order valence-electron chi connectivity index (χ0n) is 12.6. The maximum absolute atomic E-state index is 2.65. The van der Waals surface area contributed by atoms with E-state index < -0.39 is 0 Å². The normalized spacial score (nSPS) is 16.2. The Balaban J connectivity index is 1.73. The minimum Gasteiger partial charge on any atom is -0.292 e. The summed E-state index contributed by atoms with van der Waals surface area (Å²) >= 11 is 0. The highest BCUT2D eigenvalue weighted by Crippen LogP contribution is 2.25. The first-order chi connectivity index (χ1) is 10.4. The van der Waals surface area contributed by atoms with Gasteiger partial charge in [-0.3, -0.25) is 4.90 Å². The average molecular weight is 278 g/mol. The molecule has 1 aliphatic carbocycles. The van der Waals surface area contributed by atoms with Crippen LogP contribution in [0.5, 0.6) is 0 Å². The molecule has 1 aliphatic rings. The monoisotopic (exact) mass is 278 g/mol. The van der Waals surface area contributed by atoms with E-state index in [0.717, 1.165) is 13.1 Å². The van der Waals surface area contributed by atoms with Gasteiger partial charge in [0.1, 0.15) is 0 Å². The fourth-order valence-electron chi connectivity index (χ4n) is 3.21. The standard InChI is InChI=1S/C20H24N/c1-4-10-18(11-5-1)16-21(20-14-8-3-9-15-20)17-19-12-6-2-7-13-19/h1-2,4-8,10-13,20H,3,9,14-17H2. The quantitative estimate of drug-likeness (QED) is 0.756. The van der Waals surface area contributed by atoms with Crippen molar-refractivity contribution in [2.45, 2.75) is 44.8 Å². The molecule has 0 spiro atoms. The van der Waals surface area contributed by atoms with Gasteiger partial charge in [-0.25, -0.2) is 0 Å². The van der Waals surface area contributed by atoms with Gasteiger partial charge in [-0.05, 0) is 30.4 Å². The van der Waals surface area contributed by atoms with Crippen molar-refractivity contribution in [3.8, 4) is 0 Å². The van der Waals surface area contributed by atoms with Crippen molar-refractivity contribution >= 4 is 0 Å². The number of hydrogen-bond acceptors (Lipinski definition) is 1. The molecular formula is C20H24N. The molecule has 0 heterocycles. The van der Waals surface area contributed by atoms with Gasteiger partial charge in [0.25, 0.3) is 0 Å².